The molecule has 27 heavy (non-hydrogen) atoms. The molecule has 1 heterocycles. The Morgan fingerprint density at radius 2 is 1.89 bits per heavy atom. The molecule has 1 aromatic heterocycles. The summed E-state index contributed by atoms with van der Waals surface area (Å²) in [5.41, 5.74) is 1.40. The van der Waals surface area contributed by atoms with Gasteiger partial charge in [-0.05, 0) is 49.4 Å². The molecule has 0 spiro atoms. The number of benzene rings is 2. The van der Waals surface area contributed by atoms with Crippen molar-refractivity contribution < 1.29 is 18.7 Å². The van der Waals surface area contributed by atoms with Crippen molar-refractivity contribution in [3.63, 3.8) is 0 Å². The Balaban J connectivity index is 1.53. The standard InChI is InChI=1S/C21H20N2O4/c1-2-22-21(25)14-26-17-9-7-16(8-10-17)23-20(24)12-11-18-13-15-5-3-4-6-19(15)27-18/h3-13H,2,14H2,1H3,(H,22,25)(H,23,24)/b12-11+. The quantitative estimate of drug-likeness (QED) is 0.628. The van der Waals surface area contributed by atoms with Crippen molar-refractivity contribution in [2.45, 2.75) is 6.92 Å². The maximum absolute atomic E-state index is 12.0. The molecule has 6 nitrogen and oxygen atoms in total. The van der Waals surface area contributed by atoms with Crippen LogP contribution >= 0.6 is 0 Å². The number of rotatable bonds is 7. The molecule has 0 bridgehead atoms. The van der Waals surface area contributed by atoms with Gasteiger partial charge >= 0.3 is 0 Å². The molecule has 138 valence electrons. The highest BCUT2D eigenvalue weighted by Crippen LogP contribution is 2.20. The number of ether oxygens (including phenoxy) is 1. The van der Waals surface area contributed by atoms with Crippen LogP contribution < -0.4 is 15.4 Å². The summed E-state index contributed by atoms with van der Waals surface area (Å²) in [5, 5.41) is 6.40. The lowest BCUT2D eigenvalue weighted by Gasteiger charge is -2.07. The number of para-hydroxylation sites is 1. The molecule has 2 aromatic carbocycles. The number of nitrogens with one attached hydrogen (secondary N) is 2. The minimum Gasteiger partial charge on any atom is -0.484 e. The molecule has 0 atom stereocenters. The van der Waals surface area contributed by atoms with Crippen molar-refractivity contribution in [1.82, 2.24) is 5.32 Å². The molecule has 2 N–H and O–H groups in total. The Morgan fingerprint density at radius 1 is 1.11 bits per heavy atom. The van der Waals surface area contributed by atoms with Gasteiger partial charge in [0.1, 0.15) is 17.1 Å². The minimum atomic E-state index is -0.272. The van der Waals surface area contributed by atoms with E-state index in [1.54, 1.807) is 30.3 Å². The molecule has 0 aliphatic rings. The van der Waals surface area contributed by atoms with Crippen molar-refractivity contribution >= 4 is 34.5 Å². The Labute approximate surface area is 156 Å². The summed E-state index contributed by atoms with van der Waals surface area (Å²) in [6.45, 7) is 2.37. The summed E-state index contributed by atoms with van der Waals surface area (Å²) in [6.07, 6.45) is 3.04. The van der Waals surface area contributed by atoms with Gasteiger partial charge in [-0.25, -0.2) is 0 Å². The largest absolute Gasteiger partial charge is 0.484 e. The van der Waals surface area contributed by atoms with Gasteiger partial charge in [0.05, 0.1) is 0 Å². The van der Waals surface area contributed by atoms with Gasteiger partial charge in [0.15, 0.2) is 6.61 Å². The minimum absolute atomic E-state index is 0.0419. The van der Waals surface area contributed by atoms with Crippen LogP contribution in [-0.4, -0.2) is 25.0 Å². The normalized spacial score (nSPS) is 10.9. The second kappa shape index (κ2) is 8.71. The lowest BCUT2D eigenvalue weighted by atomic mass is 10.2. The summed E-state index contributed by atoms with van der Waals surface area (Å²) >= 11 is 0. The molecule has 2 amide bonds. The van der Waals surface area contributed by atoms with E-state index in [1.165, 1.54) is 6.08 Å². The van der Waals surface area contributed by atoms with E-state index in [0.717, 1.165) is 11.0 Å². The van der Waals surface area contributed by atoms with E-state index < -0.39 is 0 Å². The van der Waals surface area contributed by atoms with E-state index in [4.69, 9.17) is 9.15 Å². The monoisotopic (exact) mass is 364 g/mol. The third-order valence-electron chi connectivity index (χ3n) is 3.71. The number of furan rings is 1. The van der Waals surface area contributed by atoms with E-state index in [1.807, 2.05) is 37.3 Å². The molecule has 0 fully saturated rings. The van der Waals surface area contributed by atoms with E-state index in [0.29, 0.717) is 23.7 Å². The van der Waals surface area contributed by atoms with Crippen molar-refractivity contribution in [3.05, 3.63) is 66.4 Å². The van der Waals surface area contributed by atoms with Crippen LogP contribution in [0.15, 0.2) is 65.1 Å². The molecular weight excluding hydrogens is 344 g/mol. The molecule has 0 unspecified atom stereocenters. The summed E-state index contributed by atoms with van der Waals surface area (Å²) in [7, 11) is 0. The van der Waals surface area contributed by atoms with Crippen LogP contribution in [0.4, 0.5) is 5.69 Å². The van der Waals surface area contributed by atoms with E-state index in [2.05, 4.69) is 10.6 Å². The smallest absolute Gasteiger partial charge is 0.257 e. The van der Waals surface area contributed by atoms with Gasteiger partial charge in [-0.15, -0.1) is 0 Å². The first kappa shape index (κ1) is 18.3. The second-order valence-electron chi connectivity index (χ2n) is 5.78. The Kier molecular flexibility index (Phi) is 5.89. The molecule has 0 aliphatic carbocycles. The van der Waals surface area contributed by atoms with Gasteiger partial charge in [-0.3, -0.25) is 9.59 Å². The molecule has 6 heteroatoms. The number of anilines is 1. The number of hydrogen-bond acceptors (Lipinski definition) is 4. The number of fused-ring (bicyclic) bond motifs is 1. The molecule has 3 aromatic rings. The maximum Gasteiger partial charge on any atom is 0.257 e. The van der Waals surface area contributed by atoms with E-state index in [-0.39, 0.29) is 18.4 Å². The summed E-state index contributed by atoms with van der Waals surface area (Å²) in [6, 6.07) is 16.3. The van der Waals surface area contributed by atoms with Crippen LogP contribution in [0, 0.1) is 0 Å². The summed E-state index contributed by atoms with van der Waals surface area (Å²) in [5.74, 6) is 0.717. The van der Waals surface area contributed by atoms with E-state index >= 15 is 0 Å². The van der Waals surface area contributed by atoms with Crippen molar-refractivity contribution in [1.29, 1.82) is 0 Å². The zero-order valence-electron chi connectivity index (χ0n) is 14.9. The Hall–Kier alpha value is -3.54. The third kappa shape index (κ3) is 5.22. The molecule has 0 saturated heterocycles. The average molecular weight is 364 g/mol. The van der Waals surface area contributed by atoms with Gasteiger partial charge in [0, 0.05) is 23.7 Å². The number of carbonyl (C=O) groups excluding carboxylic acids is 2. The van der Waals surface area contributed by atoms with Crippen LogP contribution in [-0.2, 0) is 9.59 Å². The van der Waals surface area contributed by atoms with Crippen LogP contribution in [0.3, 0.4) is 0 Å². The summed E-state index contributed by atoms with van der Waals surface area (Å²) in [4.78, 5) is 23.4. The molecular formula is C21H20N2O4. The van der Waals surface area contributed by atoms with Gasteiger partial charge < -0.3 is 19.8 Å². The number of carbonyl (C=O) groups is 2. The topological polar surface area (TPSA) is 80.6 Å². The molecule has 0 radical (unpaired) electrons. The summed E-state index contributed by atoms with van der Waals surface area (Å²) < 4.78 is 11.0. The Bertz CT molecular complexity index is 925. The fraction of sp³-hybridized carbons (Fsp3) is 0.143. The van der Waals surface area contributed by atoms with Crippen LogP contribution in [0.2, 0.25) is 0 Å². The zero-order chi connectivity index (χ0) is 19.1. The fourth-order valence-electron chi connectivity index (χ4n) is 2.46. The number of likely N-dealkylation sites (N-methyl/N-ethyl adjacent to an activating group) is 1. The lowest BCUT2D eigenvalue weighted by Crippen LogP contribution is -2.28. The zero-order valence-corrected chi connectivity index (χ0v) is 14.9. The fourth-order valence-corrected chi connectivity index (χ4v) is 2.46. The highest BCUT2D eigenvalue weighted by atomic mass is 16.5. The van der Waals surface area contributed by atoms with Crippen molar-refractivity contribution in [2.24, 2.45) is 0 Å². The molecule has 0 aliphatic heterocycles. The van der Waals surface area contributed by atoms with E-state index in [9.17, 15) is 9.59 Å². The average Bonchev–Trinajstić information content (AvgIpc) is 3.09. The van der Waals surface area contributed by atoms with Crippen LogP contribution in [0.1, 0.15) is 12.7 Å². The van der Waals surface area contributed by atoms with Gasteiger partial charge in [0.25, 0.3) is 5.91 Å². The first-order chi connectivity index (χ1) is 13.1. The van der Waals surface area contributed by atoms with Gasteiger partial charge in [-0.1, -0.05) is 18.2 Å². The predicted molar refractivity (Wildman–Crippen MR) is 104 cm³/mol. The number of amides is 2. The SMILES string of the molecule is CCNC(=O)COc1ccc(NC(=O)/C=C/c2cc3ccccc3o2)cc1. The molecule has 3 rings (SSSR count). The predicted octanol–water partition coefficient (Wildman–Crippen LogP) is 3.60. The highest BCUT2D eigenvalue weighted by molar-refractivity contribution is 6.02. The molecule has 0 saturated carbocycles. The maximum atomic E-state index is 12.0. The Morgan fingerprint density at radius 3 is 2.63 bits per heavy atom. The van der Waals surface area contributed by atoms with Gasteiger partial charge in [0.2, 0.25) is 5.91 Å². The second-order valence-corrected chi connectivity index (χ2v) is 5.78. The highest BCUT2D eigenvalue weighted by Gasteiger charge is 2.03. The third-order valence-corrected chi connectivity index (χ3v) is 3.71. The first-order valence-corrected chi connectivity index (χ1v) is 8.61. The van der Waals surface area contributed by atoms with Crippen molar-refractivity contribution in [3.8, 4) is 5.75 Å². The lowest BCUT2D eigenvalue weighted by molar-refractivity contribution is -0.123. The van der Waals surface area contributed by atoms with Gasteiger partial charge in [-0.2, -0.15) is 0 Å². The van der Waals surface area contributed by atoms with Crippen molar-refractivity contribution in [2.75, 3.05) is 18.5 Å². The number of hydrogen-bond donors (Lipinski definition) is 2. The van der Waals surface area contributed by atoms with Crippen LogP contribution in [0.5, 0.6) is 5.75 Å². The first-order valence-electron chi connectivity index (χ1n) is 8.61. The van der Waals surface area contributed by atoms with Crippen LogP contribution in [0.25, 0.3) is 17.0 Å².